The third-order valence-corrected chi connectivity index (χ3v) is 6.02. The molecule has 0 aliphatic heterocycles. The lowest BCUT2D eigenvalue weighted by molar-refractivity contribution is 0.0694. The Labute approximate surface area is 174 Å². The summed E-state index contributed by atoms with van der Waals surface area (Å²) in [6.07, 6.45) is 1.74. The van der Waals surface area contributed by atoms with Gasteiger partial charge in [-0.25, -0.2) is 4.39 Å². The van der Waals surface area contributed by atoms with Gasteiger partial charge in [0.15, 0.2) is 0 Å². The Bertz CT molecular complexity index is 942. The first kappa shape index (κ1) is 21.4. The summed E-state index contributed by atoms with van der Waals surface area (Å²) in [5.41, 5.74) is 1.87. The molecule has 1 heterocycles. The van der Waals surface area contributed by atoms with E-state index in [0.29, 0.717) is 35.5 Å². The van der Waals surface area contributed by atoms with Crippen LogP contribution in [0.3, 0.4) is 0 Å². The van der Waals surface area contributed by atoms with E-state index in [1.807, 2.05) is 24.3 Å². The Hall–Kier alpha value is -2.28. The Morgan fingerprint density at radius 2 is 1.83 bits per heavy atom. The van der Waals surface area contributed by atoms with Crippen LogP contribution in [0.5, 0.6) is 0 Å². The molecule has 0 bridgehead atoms. The van der Waals surface area contributed by atoms with Crippen LogP contribution in [-0.2, 0) is 22.5 Å². The van der Waals surface area contributed by atoms with Crippen molar-refractivity contribution in [1.29, 1.82) is 0 Å². The Morgan fingerprint density at radius 3 is 2.55 bits per heavy atom. The van der Waals surface area contributed by atoms with Crippen LogP contribution in [-0.4, -0.2) is 44.7 Å². The first-order chi connectivity index (χ1) is 14.2. The molecule has 0 spiro atoms. The van der Waals surface area contributed by atoms with Gasteiger partial charge in [0.2, 0.25) is 0 Å². The molecule has 0 aliphatic rings. The number of hydrogen-bond acceptors (Lipinski definition) is 4. The minimum absolute atomic E-state index is 0.0947. The predicted octanol–water partition coefficient (Wildman–Crippen LogP) is 4.91. The fourth-order valence-corrected chi connectivity index (χ4v) is 4.59. The zero-order chi connectivity index (χ0) is 20.6. The zero-order valence-corrected chi connectivity index (χ0v) is 17.6. The summed E-state index contributed by atoms with van der Waals surface area (Å²) < 4.78 is 25.7. The number of nitrogens with zero attached hydrogens (tertiary/aromatic N) is 1. The number of benzene rings is 2. The molecule has 4 nitrogen and oxygen atoms in total. The molecule has 1 aromatic heterocycles. The molecule has 0 unspecified atom stereocenters. The van der Waals surface area contributed by atoms with E-state index < -0.39 is 0 Å². The van der Waals surface area contributed by atoms with Crippen molar-refractivity contribution in [1.82, 2.24) is 4.90 Å². The molecule has 0 saturated carbocycles. The highest BCUT2D eigenvalue weighted by atomic mass is 32.1. The summed E-state index contributed by atoms with van der Waals surface area (Å²) in [7, 11) is 3.18. The minimum atomic E-state index is -0.322. The van der Waals surface area contributed by atoms with Gasteiger partial charge < -0.3 is 14.4 Å². The van der Waals surface area contributed by atoms with Crippen molar-refractivity contribution >= 4 is 27.3 Å². The summed E-state index contributed by atoms with van der Waals surface area (Å²) in [6, 6.07) is 15.1. The van der Waals surface area contributed by atoms with E-state index in [9.17, 15) is 9.18 Å². The van der Waals surface area contributed by atoms with Crippen molar-refractivity contribution < 1.29 is 18.7 Å². The number of thiophene rings is 1. The van der Waals surface area contributed by atoms with Crippen LogP contribution < -0.4 is 0 Å². The van der Waals surface area contributed by atoms with E-state index in [-0.39, 0.29) is 18.3 Å². The van der Waals surface area contributed by atoms with E-state index in [1.165, 1.54) is 23.0 Å². The van der Waals surface area contributed by atoms with E-state index in [4.69, 9.17) is 9.47 Å². The van der Waals surface area contributed by atoms with E-state index in [2.05, 4.69) is 12.1 Å². The average Bonchev–Trinajstić information content (AvgIpc) is 3.11. The molecule has 0 radical (unpaired) electrons. The minimum Gasteiger partial charge on any atom is -0.383 e. The molecule has 29 heavy (non-hydrogen) atoms. The molecule has 3 rings (SSSR count). The van der Waals surface area contributed by atoms with Gasteiger partial charge in [-0.15, -0.1) is 11.3 Å². The average molecular weight is 416 g/mol. The number of fused-ring (bicyclic) bond motifs is 1. The van der Waals surface area contributed by atoms with Gasteiger partial charge in [0, 0.05) is 43.0 Å². The van der Waals surface area contributed by atoms with Crippen molar-refractivity contribution in [2.45, 2.75) is 19.4 Å². The number of aryl methyl sites for hydroxylation is 1. The van der Waals surface area contributed by atoms with Crippen molar-refractivity contribution in [2.75, 3.05) is 33.9 Å². The number of rotatable bonds is 10. The fourth-order valence-electron chi connectivity index (χ4n) is 3.40. The molecule has 0 atom stereocenters. The molecule has 0 saturated heterocycles. The Balaban J connectivity index is 1.83. The molecule has 3 aromatic rings. The van der Waals surface area contributed by atoms with Gasteiger partial charge in [-0.05, 0) is 30.5 Å². The van der Waals surface area contributed by atoms with E-state index in [0.717, 1.165) is 17.5 Å². The highest BCUT2D eigenvalue weighted by Crippen LogP contribution is 2.34. The van der Waals surface area contributed by atoms with Crippen LogP contribution >= 0.6 is 11.3 Å². The van der Waals surface area contributed by atoms with Gasteiger partial charge in [0.25, 0.3) is 5.91 Å². The number of amides is 1. The van der Waals surface area contributed by atoms with E-state index >= 15 is 0 Å². The molecule has 0 fully saturated rings. The van der Waals surface area contributed by atoms with Gasteiger partial charge in [-0.3, -0.25) is 4.79 Å². The van der Waals surface area contributed by atoms with Crippen LogP contribution in [0.2, 0.25) is 0 Å². The maximum Gasteiger partial charge on any atom is 0.264 e. The topological polar surface area (TPSA) is 38.8 Å². The van der Waals surface area contributed by atoms with Crippen LogP contribution in [0.4, 0.5) is 4.39 Å². The van der Waals surface area contributed by atoms with Crippen LogP contribution in [0.15, 0.2) is 48.5 Å². The lowest BCUT2D eigenvalue weighted by Crippen LogP contribution is -2.35. The lowest BCUT2D eigenvalue weighted by Gasteiger charge is -2.22. The standard InChI is InChI=1S/C23H26FNO3S/c1-27-15-14-25(13-7-10-17-8-4-3-5-9-17)23(26)22-18(16-28-2)21-19(24)11-6-12-20(21)29-22/h3-6,8-9,11-12H,7,10,13-16H2,1-2H3. The molecule has 0 N–H and O–H groups in total. The lowest BCUT2D eigenvalue weighted by atomic mass is 10.1. The Kier molecular flexibility index (Phi) is 7.75. The summed E-state index contributed by atoms with van der Waals surface area (Å²) in [4.78, 5) is 15.7. The SMILES string of the molecule is COCCN(CCCc1ccccc1)C(=O)c1sc2cccc(F)c2c1COC. The fraction of sp³-hybridized carbons (Fsp3) is 0.348. The summed E-state index contributed by atoms with van der Waals surface area (Å²) >= 11 is 1.33. The third-order valence-electron chi connectivity index (χ3n) is 4.84. The maximum absolute atomic E-state index is 14.4. The number of halogens is 1. The second kappa shape index (κ2) is 10.5. The number of methoxy groups -OCH3 is 2. The molecule has 154 valence electrons. The maximum atomic E-state index is 14.4. The van der Waals surface area contributed by atoms with Crippen LogP contribution in [0, 0.1) is 5.82 Å². The van der Waals surface area contributed by atoms with Crippen molar-refractivity contribution in [3.63, 3.8) is 0 Å². The summed E-state index contributed by atoms with van der Waals surface area (Å²) in [6.45, 7) is 1.76. The van der Waals surface area contributed by atoms with Crippen molar-refractivity contribution in [3.8, 4) is 0 Å². The first-order valence-corrected chi connectivity index (χ1v) is 10.5. The predicted molar refractivity (Wildman–Crippen MR) is 115 cm³/mol. The van der Waals surface area contributed by atoms with Crippen molar-refractivity contribution in [2.24, 2.45) is 0 Å². The number of hydrogen-bond donors (Lipinski definition) is 0. The Morgan fingerprint density at radius 1 is 1.03 bits per heavy atom. The molecular formula is C23H26FNO3S. The number of carbonyl (C=O) groups is 1. The third kappa shape index (κ3) is 5.21. The molecular weight excluding hydrogens is 389 g/mol. The van der Waals surface area contributed by atoms with Gasteiger partial charge in [0.1, 0.15) is 5.82 Å². The van der Waals surface area contributed by atoms with Gasteiger partial charge in [-0.1, -0.05) is 36.4 Å². The van der Waals surface area contributed by atoms with Crippen LogP contribution in [0.1, 0.15) is 27.2 Å². The molecule has 6 heteroatoms. The normalized spacial score (nSPS) is 11.1. The van der Waals surface area contributed by atoms with Gasteiger partial charge >= 0.3 is 0 Å². The second-order valence-corrected chi connectivity index (χ2v) is 7.88. The largest absolute Gasteiger partial charge is 0.383 e. The van der Waals surface area contributed by atoms with E-state index in [1.54, 1.807) is 25.2 Å². The van der Waals surface area contributed by atoms with Crippen LogP contribution in [0.25, 0.3) is 10.1 Å². The van der Waals surface area contributed by atoms with Gasteiger partial charge in [0.05, 0.1) is 18.1 Å². The molecule has 0 aliphatic carbocycles. The smallest absolute Gasteiger partial charge is 0.264 e. The second-order valence-electron chi connectivity index (χ2n) is 6.83. The quantitative estimate of drug-likeness (QED) is 0.472. The highest BCUT2D eigenvalue weighted by Gasteiger charge is 2.24. The monoisotopic (exact) mass is 415 g/mol. The molecule has 2 aromatic carbocycles. The number of carbonyl (C=O) groups excluding carboxylic acids is 1. The summed E-state index contributed by atoms with van der Waals surface area (Å²) in [5, 5.41) is 0.485. The number of ether oxygens (including phenoxy) is 2. The highest BCUT2D eigenvalue weighted by molar-refractivity contribution is 7.21. The summed E-state index contributed by atoms with van der Waals surface area (Å²) in [5.74, 6) is -0.417. The zero-order valence-electron chi connectivity index (χ0n) is 16.8. The van der Waals surface area contributed by atoms with Gasteiger partial charge in [-0.2, -0.15) is 0 Å². The first-order valence-electron chi connectivity index (χ1n) is 9.66. The molecule has 1 amide bonds. The van der Waals surface area contributed by atoms with Crippen molar-refractivity contribution in [3.05, 3.63) is 70.4 Å².